The molecule has 1 aromatic carbocycles. The molecule has 0 atom stereocenters. The first-order valence-corrected chi connectivity index (χ1v) is 4.90. The lowest BCUT2D eigenvalue weighted by Crippen LogP contribution is -2.16. The monoisotopic (exact) mass is 254 g/mol. The van der Waals surface area contributed by atoms with Crippen LogP contribution in [-0.4, -0.2) is 19.2 Å². The summed E-state index contributed by atoms with van der Waals surface area (Å²) < 4.78 is 0.915. The van der Waals surface area contributed by atoms with E-state index in [4.69, 9.17) is 10.1 Å². The minimum atomic E-state index is 0.604. The van der Waals surface area contributed by atoms with Crippen molar-refractivity contribution in [2.24, 2.45) is 0 Å². The SMILES string of the molecule is CON(C)Cc1ccc(Br)cc1C#N. The average Bonchev–Trinajstić information content (AvgIpc) is 2.20. The van der Waals surface area contributed by atoms with E-state index in [9.17, 15) is 0 Å². The number of rotatable bonds is 3. The van der Waals surface area contributed by atoms with E-state index in [2.05, 4.69) is 22.0 Å². The summed E-state index contributed by atoms with van der Waals surface area (Å²) in [5, 5.41) is 10.6. The summed E-state index contributed by atoms with van der Waals surface area (Å²) in [6, 6.07) is 7.79. The summed E-state index contributed by atoms with van der Waals surface area (Å²) >= 11 is 3.32. The van der Waals surface area contributed by atoms with Crippen LogP contribution in [0.1, 0.15) is 11.1 Å². The highest BCUT2D eigenvalue weighted by atomic mass is 79.9. The molecule has 0 radical (unpaired) electrons. The summed E-state index contributed by atoms with van der Waals surface area (Å²) in [6.07, 6.45) is 0. The lowest BCUT2D eigenvalue weighted by atomic mass is 10.1. The van der Waals surface area contributed by atoms with Crippen molar-refractivity contribution in [2.75, 3.05) is 14.2 Å². The molecule has 1 aromatic rings. The van der Waals surface area contributed by atoms with Gasteiger partial charge in [-0.15, -0.1) is 0 Å². The van der Waals surface area contributed by atoms with Crippen molar-refractivity contribution >= 4 is 15.9 Å². The molecule has 0 bridgehead atoms. The highest BCUT2D eigenvalue weighted by Gasteiger charge is 2.05. The van der Waals surface area contributed by atoms with Crippen molar-refractivity contribution in [3.63, 3.8) is 0 Å². The molecule has 4 heteroatoms. The molecule has 0 saturated heterocycles. The van der Waals surface area contributed by atoms with Crippen molar-refractivity contribution in [3.05, 3.63) is 33.8 Å². The van der Waals surface area contributed by atoms with Crippen LogP contribution in [0.4, 0.5) is 0 Å². The zero-order chi connectivity index (χ0) is 10.6. The first-order chi connectivity index (χ1) is 6.67. The summed E-state index contributed by atoms with van der Waals surface area (Å²) in [5.41, 5.74) is 1.63. The predicted octanol–water partition coefficient (Wildman–Crippen LogP) is 2.31. The summed E-state index contributed by atoms with van der Waals surface area (Å²) in [5.74, 6) is 0. The van der Waals surface area contributed by atoms with Crippen LogP contribution in [-0.2, 0) is 11.4 Å². The van der Waals surface area contributed by atoms with Crippen LogP contribution in [0, 0.1) is 11.3 Å². The Morgan fingerprint density at radius 3 is 2.86 bits per heavy atom. The molecule has 0 heterocycles. The molecule has 0 aliphatic carbocycles. The third kappa shape index (κ3) is 2.81. The van der Waals surface area contributed by atoms with Crippen LogP contribution in [0.2, 0.25) is 0 Å². The van der Waals surface area contributed by atoms with E-state index in [-0.39, 0.29) is 0 Å². The zero-order valence-electron chi connectivity index (χ0n) is 8.12. The molecule has 1 rings (SSSR count). The summed E-state index contributed by atoms with van der Waals surface area (Å²) in [6.45, 7) is 0.604. The van der Waals surface area contributed by atoms with Crippen molar-refractivity contribution in [3.8, 4) is 6.07 Å². The number of benzene rings is 1. The Balaban J connectivity index is 2.92. The molecule has 0 saturated carbocycles. The van der Waals surface area contributed by atoms with Crippen LogP contribution in [0.25, 0.3) is 0 Å². The average molecular weight is 255 g/mol. The number of hydrogen-bond acceptors (Lipinski definition) is 3. The molecule has 0 N–H and O–H groups in total. The number of nitriles is 1. The molecule has 3 nitrogen and oxygen atoms in total. The summed E-state index contributed by atoms with van der Waals surface area (Å²) in [7, 11) is 3.42. The van der Waals surface area contributed by atoms with Gasteiger partial charge in [-0.3, -0.25) is 0 Å². The third-order valence-corrected chi connectivity index (χ3v) is 2.39. The fourth-order valence-electron chi connectivity index (χ4n) is 1.10. The van der Waals surface area contributed by atoms with Gasteiger partial charge < -0.3 is 4.84 Å². The predicted molar refractivity (Wildman–Crippen MR) is 57.3 cm³/mol. The number of hydrogen-bond donors (Lipinski definition) is 0. The zero-order valence-corrected chi connectivity index (χ0v) is 9.71. The van der Waals surface area contributed by atoms with Crippen molar-refractivity contribution in [2.45, 2.75) is 6.54 Å². The molecule has 0 aromatic heterocycles. The van der Waals surface area contributed by atoms with Gasteiger partial charge in [-0.05, 0) is 17.7 Å². The number of nitrogens with zero attached hydrogens (tertiary/aromatic N) is 2. The Hall–Kier alpha value is -0.890. The Morgan fingerprint density at radius 2 is 2.29 bits per heavy atom. The van der Waals surface area contributed by atoms with E-state index in [1.54, 1.807) is 18.2 Å². The van der Waals surface area contributed by atoms with Gasteiger partial charge in [0.05, 0.1) is 25.3 Å². The smallest absolute Gasteiger partial charge is 0.0995 e. The van der Waals surface area contributed by atoms with E-state index in [0.29, 0.717) is 12.1 Å². The van der Waals surface area contributed by atoms with Crippen LogP contribution < -0.4 is 0 Å². The summed E-state index contributed by atoms with van der Waals surface area (Å²) in [4.78, 5) is 5.00. The second-order valence-electron chi connectivity index (χ2n) is 2.88. The lowest BCUT2D eigenvalue weighted by molar-refractivity contribution is -0.116. The fraction of sp³-hybridized carbons (Fsp3) is 0.300. The minimum Gasteiger partial charge on any atom is -0.302 e. The van der Waals surface area contributed by atoms with Gasteiger partial charge in [0.15, 0.2) is 0 Å². The van der Waals surface area contributed by atoms with Gasteiger partial charge >= 0.3 is 0 Å². The van der Waals surface area contributed by atoms with Crippen molar-refractivity contribution < 1.29 is 4.84 Å². The van der Waals surface area contributed by atoms with Crippen LogP contribution >= 0.6 is 15.9 Å². The lowest BCUT2D eigenvalue weighted by Gasteiger charge is -2.14. The van der Waals surface area contributed by atoms with Crippen LogP contribution in [0.3, 0.4) is 0 Å². The molecule has 0 unspecified atom stereocenters. The topological polar surface area (TPSA) is 36.3 Å². The molecular formula is C10H11BrN2O. The third-order valence-electron chi connectivity index (χ3n) is 1.90. The number of hydroxylamine groups is 2. The van der Waals surface area contributed by atoms with Gasteiger partial charge in [0.1, 0.15) is 0 Å². The van der Waals surface area contributed by atoms with Crippen molar-refractivity contribution in [1.82, 2.24) is 5.06 Å². The normalized spacial score (nSPS) is 10.2. The van der Waals surface area contributed by atoms with Crippen molar-refractivity contribution in [1.29, 1.82) is 5.26 Å². The van der Waals surface area contributed by atoms with Gasteiger partial charge in [-0.2, -0.15) is 10.3 Å². The van der Waals surface area contributed by atoms with Gasteiger partial charge in [-0.1, -0.05) is 22.0 Å². The molecule has 0 aliphatic heterocycles. The van der Waals surface area contributed by atoms with E-state index >= 15 is 0 Å². The fourth-order valence-corrected chi connectivity index (χ4v) is 1.46. The molecule has 0 fully saturated rings. The Morgan fingerprint density at radius 1 is 1.57 bits per heavy atom. The van der Waals surface area contributed by atoms with Gasteiger partial charge in [0.25, 0.3) is 0 Å². The van der Waals surface area contributed by atoms with Gasteiger partial charge in [0, 0.05) is 11.5 Å². The van der Waals surface area contributed by atoms with E-state index in [0.717, 1.165) is 10.0 Å². The maximum atomic E-state index is 8.90. The highest BCUT2D eigenvalue weighted by molar-refractivity contribution is 9.10. The van der Waals surface area contributed by atoms with E-state index < -0.39 is 0 Å². The Kier molecular flexibility index (Phi) is 4.08. The largest absolute Gasteiger partial charge is 0.302 e. The molecule has 0 spiro atoms. The maximum absolute atomic E-state index is 8.90. The molecule has 0 amide bonds. The standard InChI is InChI=1S/C10H11BrN2O/c1-13(14-2)7-8-3-4-10(11)5-9(8)6-12/h3-5H,7H2,1-2H3. The maximum Gasteiger partial charge on any atom is 0.0995 e. The van der Waals surface area contributed by atoms with Crippen LogP contribution in [0.5, 0.6) is 0 Å². The number of halogens is 1. The first kappa shape index (κ1) is 11.2. The second-order valence-corrected chi connectivity index (χ2v) is 3.80. The van der Waals surface area contributed by atoms with E-state index in [1.807, 2.05) is 19.2 Å². The first-order valence-electron chi connectivity index (χ1n) is 4.11. The molecule has 0 aliphatic rings. The Bertz CT molecular complexity index is 360. The molecular weight excluding hydrogens is 244 g/mol. The Labute approximate surface area is 92.0 Å². The quantitative estimate of drug-likeness (QED) is 0.777. The minimum absolute atomic E-state index is 0.604. The van der Waals surface area contributed by atoms with Crippen LogP contribution in [0.15, 0.2) is 22.7 Å². The second kappa shape index (κ2) is 5.11. The van der Waals surface area contributed by atoms with E-state index in [1.165, 1.54) is 0 Å². The van der Waals surface area contributed by atoms with Gasteiger partial charge in [0.2, 0.25) is 0 Å². The van der Waals surface area contributed by atoms with Gasteiger partial charge in [-0.25, -0.2) is 0 Å². The molecule has 14 heavy (non-hydrogen) atoms. The highest BCUT2D eigenvalue weighted by Crippen LogP contribution is 2.17. The molecule has 74 valence electrons.